The first-order valence-electron chi connectivity index (χ1n) is 47.5. The lowest BCUT2D eigenvalue weighted by atomic mass is 9.93. The summed E-state index contributed by atoms with van der Waals surface area (Å²) in [4.78, 5) is 8.60. The van der Waals surface area contributed by atoms with Crippen LogP contribution < -0.4 is 0 Å². The summed E-state index contributed by atoms with van der Waals surface area (Å²) in [6.45, 7) is 26.0. The molecule has 0 aliphatic rings. The van der Waals surface area contributed by atoms with Gasteiger partial charge in [-0.25, -0.2) is 0 Å². The number of benzene rings is 1. The maximum Gasteiger partial charge on any atom is 0.121 e. The van der Waals surface area contributed by atoms with Crippen LogP contribution in [0, 0.1) is 0 Å². The highest BCUT2D eigenvalue weighted by atomic mass is 16.3. The van der Waals surface area contributed by atoms with Crippen molar-refractivity contribution in [1.82, 2.24) is 14.7 Å². The van der Waals surface area contributed by atoms with Crippen molar-refractivity contribution in [3.8, 4) is 5.75 Å². The average molecular weight is 1400 g/mol. The maximum atomic E-state index is 11.9. The number of phenolic OH excluding ortho intramolecular Hbond substituents is 1. The van der Waals surface area contributed by atoms with Gasteiger partial charge in [0.05, 0.1) is 0 Å². The van der Waals surface area contributed by atoms with E-state index in [1.165, 1.54) is 544 Å². The summed E-state index contributed by atoms with van der Waals surface area (Å²) >= 11 is 0. The van der Waals surface area contributed by atoms with Gasteiger partial charge in [0.2, 0.25) is 0 Å². The third kappa shape index (κ3) is 68.7. The fourth-order valence-electron chi connectivity index (χ4n) is 16.3. The second kappa shape index (κ2) is 82.0. The van der Waals surface area contributed by atoms with Gasteiger partial charge < -0.3 is 19.8 Å². The molecule has 594 valence electrons. The van der Waals surface area contributed by atoms with E-state index in [1.54, 1.807) is 0 Å². The van der Waals surface area contributed by atoms with Gasteiger partial charge in [0.1, 0.15) is 5.75 Å². The van der Waals surface area contributed by atoms with Gasteiger partial charge in [0, 0.05) is 0 Å². The molecule has 0 saturated carbocycles. The zero-order valence-corrected chi connectivity index (χ0v) is 70.3. The van der Waals surface area contributed by atoms with Crippen LogP contribution in [-0.2, 0) is 19.3 Å². The minimum absolute atomic E-state index is 0.658. The first kappa shape index (κ1) is 96.9. The molecule has 100 heavy (non-hydrogen) atoms. The Bertz CT molecular complexity index is 1530. The first-order valence-corrected chi connectivity index (χ1v) is 47.5. The molecule has 0 atom stereocenters. The fraction of sp³-hybridized carbons (Fsp3) is 0.938. The van der Waals surface area contributed by atoms with Gasteiger partial charge in [-0.2, -0.15) is 0 Å². The summed E-state index contributed by atoms with van der Waals surface area (Å²) < 4.78 is 0. The molecule has 1 aromatic rings. The topological polar surface area (TPSA) is 30.0 Å². The molecular formula is C96H189N3O. The van der Waals surface area contributed by atoms with Crippen molar-refractivity contribution in [3.63, 3.8) is 0 Å². The quantitative estimate of drug-likeness (QED) is 0.0659. The van der Waals surface area contributed by atoms with Crippen LogP contribution in [0.3, 0.4) is 0 Å². The van der Waals surface area contributed by atoms with Gasteiger partial charge in [0.25, 0.3) is 0 Å². The van der Waals surface area contributed by atoms with Gasteiger partial charge in [-0.15, -0.1) is 0 Å². The Morgan fingerprint density at radius 1 is 0.170 bits per heavy atom. The Kier molecular flexibility index (Phi) is 79.4. The Hall–Kier alpha value is -1.10. The van der Waals surface area contributed by atoms with E-state index < -0.39 is 0 Å². The monoisotopic (exact) mass is 1400 g/mol. The lowest BCUT2D eigenvalue weighted by Gasteiger charge is -2.22. The number of rotatable bonds is 87. The van der Waals surface area contributed by atoms with Gasteiger partial charge in [0.15, 0.2) is 0 Å². The van der Waals surface area contributed by atoms with Crippen LogP contribution in [0.4, 0.5) is 0 Å². The third-order valence-corrected chi connectivity index (χ3v) is 23.3. The molecule has 0 spiro atoms. The van der Waals surface area contributed by atoms with E-state index in [4.69, 9.17) is 0 Å². The predicted octanol–water partition coefficient (Wildman–Crippen LogP) is 32.1. The second-order valence-electron chi connectivity index (χ2n) is 33.4. The molecular weight excluding hydrogens is 1210 g/mol. The molecule has 4 heteroatoms. The van der Waals surface area contributed by atoms with Crippen molar-refractivity contribution in [2.45, 2.75) is 523 Å². The van der Waals surface area contributed by atoms with Crippen LogP contribution in [0.5, 0.6) is 5.75 Å². The molecule has 0 amide bonds. The lowest BCUT2D eigenvalue weighted by Crippen LogP contribution is -2.27. The summed E-state index contributed by atoms with van der Waals surface area (Å²) in [6.07, 6.45) is 105. The van der Waals surface area contributed by atoms with Crippen LogP contribution in [0.15, 0.2) is 12.1 Å². The maximum absolute atomic E-state index is 11.9. The summed E-state index contributed by atoms with van der Waals surface area (Å²) in [5.41, 5.74) is 4.04. The molecule has 1 aromatic carbocycles. The largest absolute Gasteiger partial charge is 0.507 e. The van der Waals surface area contributed by atoms with E-state index in [0.717, 1.165) is 12.8 Å². The Balaban J connectivity index is 2.72. The van der Waals surface area contributed by atoms with Gasteiger partial charge >= 0.3 is 0 Å². The molecule has 0 aliphatic carbocycles. The van der Waals surface area contributed by atoms with Gasteiger partial charge in [-0.05, 0) is 172 Å². The molecule has 0 bridgehead atoms. The standard InChI is InChI=1S/C96H189N3O/c1-7-13-19-25-31-46-58-70-82-97(83-71-59-47-32-26-20-14-8-2)88-76-64-52-40-37-43-55-67-79-93-91-94(80-68-56-44-38-41-53-65-77-89-98(84-72-60-48-33-27-21-15-9-3)85-73-61-49-34-28-22-16-10-4)96(100)95(92-93)81-69-57-45-39-42-54-66-78-90-99(86-74-62-50-35-29-23-17-11-5)87-75-63-51-36-30-24-18-12-6/h91-92,100H,7-90H2,1-6H3. The highest BCUT2D eigenvalue weighted by molar-refractivity contribution is 5.44. The molecule has 0 radical (unpaired) electrons. The molecule has 1 N–H and O–H groups in total. The fourth-order valence-corrected chi connectivity index (χ4v) is 16.3. The van der Waals surface area contributed by atoms with Gasteiger partial charge in [-0.1, -0.05) is 439 Å². The number of unbranched alkanes of at least 4 members (excludes halogenated alkanes) is 63. The summed E-state index contributed by atoms with van der Waals surface area (Å²) in [7, 11) is 0. The van der Waals surface area contributed by atoms with Crippen LogP contribution in [0.2, 0.25) is 0 Å². The Labute approximate surface area is 632 Å². The normalized spacial score (nSPS) is 12.0. The van der Waals surface area contributed by atoms with Crippen molar-refractivity contribution < 1.29 is 5.11 Å². The molecule has 0 aliphatic heterocycles. The number of nitrogens with zero attached hydrogens (tertiary/aromatic N) is 3. The van der Waals surface area contributed by atoms with Crippen LogP contribution in [0.1, 0.15) is 521 Å². The van der Waals surface area contributed by atoms with E-state index >= 15 is 0 Å². The zero-order valence-electron chi connectivity index (χ0n) is 70.3. The molecule has 1 rings (SSSR count). The summed E-state index contributed by atoms with van der Waals surface area (Å²) in [5, 5.41) is 11.9. The van der Waals surface area contributed by atoms with E-state index in [-0.39, 0.29) is 0 Å². The average Bonchev–Trinajstić information content (AvgIpc) is 0.840. The van der Waals surface area contributed by atoms with Crippen molar-refractivity contribution in [1.29, 1.82) is 0 Å². The van der Waals surface area contributed by atoms with Gasteiger partial charge in [-0.3, -0.25) is 0 Å². The minimum atomic E-state index is 0.658. The SMILES string of the molecule is CCCCCCCCCCN(CCCCCCCCCC)CCCCCCCCCCc1cc(CCCCCCCCCCN(CCCCCCCCCC)CCCCCCCCCC)c(O)c(CCCCCCCCCCN(CCCCCCCCCC)CCCCCCCCCC)c1. The molecule has 0 aromatic heterocycles. The smallest absolute Gasteiger partial charge is 0.121 e. The van der Waals surface area contributed by atoms with Crippen molar-refractivity contribution >= 4 is 0 Å². The number of phenols is 1. The zero-order chi connectivity index (χ0) is 71.9. The van der Waals surface area contributed by atoms with Crippen LogP contribution in [0.25, 0.3) is 0 Å². The lowest BCUT2D eigenvalue weighted by molar-refractivity contribution is 0.254. The van der Waals surface area contributed by atoms with E-state index in [0.29, 0.717) is 5.75 Å². The third-order valence-electron chi connectivity index (χ3n) is 23.3. The number of hydrogen-bond acceptors (Lipinski definition) is 4. The summed E-state index contributed by atoms with van der Waals surface area (Å²) in [6, 6.07) is 4.90. The second-order valence-corrected chi connectivity index (χ2v) is 33.4. The molecule has 0 fully saturated rings. The van der Waals surface area contributed by atoms with Crippen LogP contribution >= 0.6 is 0 Å². The number of aromatic hydroxyl groups is 1. The Morgan fingerprint density at radius 3 is 0.460 bits per heavy atom. The molecule has 0 unspecified atom stereocenters. The Morgan fingerprint density at radius 2 is 0.300 bits per heavy atom. The van der Waals surface area contributed by atoms with Crippen molar-refractivity contribution in [2.75, 3.05) is 58.9 Å². The van der Waals surface area contributed by atoms with E-state index in [1.807, 2.05) is 0 Å². The predicted molar refractivity (Wildman–Crippen MR) is 455 cm³/mol. The highest BCUT2D eigenvalue weighted by Crippen LogP contribution is 2.30. The summed E-state index contributed by atoms with van der Waals surface area (Å²) in [5.74, 6) is 0.658. The first-order chi connectivity index (χ1) is 49.5. The minimum Gasteiger partial charge on any atom is -0.507 e. The number of hydrogen-bond donors (Lipinski definition) is 1. The number of aryl methyl sites for hydroxylation is 3. The van der Waals surface area contributed by atoms with Crippen molar-refractivity contribution in [2.24, 2.45) is 0 Å². The van der Waals surface area contributed by atoms with Crippen molar-refractivity contribution in [3.05, 3.63) is 28.8 Å². The molecule has 4 nitrogen and oxygen atoms in total. The highest BCUT2D eigenvalue weighted by Gasteiger charge is 2.13. The van der Waals surface area contributed by atoms with Crippen LogP contribution in [-0.4, -0.2) is 78.7 Å². The molecule has 0 saturated heterocycles. The molecule has 0 heterocycles. The van der Waals surface area contributed by atoms with E-state index in [9.17, 15) is 5.11 Å². The van der Waals surface area contributed by atoms with E-state index in [2.05, 4.69) is 68.4 Å².